The van der Waals surface area contributed by atoms with Crippen molar-refractivity contribution in [3.05, 3.63) is 0 Å². The van der Waals surface area contributed by atoms with Crippen LogP contribution in [0.15, 0.2) is 0 Å². The van der Waals surface area contributed by atoms with Crippen molar-refractivity contribution in [1.29, 1.82) is 0 Å². The van der Waals surface area contributed by atoms with Crippen LogP contribution < -0.4 is 10.6 Å². The summed E-state index contributed by atoms with van der Waals surface area (Å²) in [6.07, 6.45) is 3.47. The molecule has 1 fully saturated rings. The average Bonchev–Trinajstić information content (AvgIpc) is 2.82. The lowest BCUT2D eigenvalue weighted by Gasteiger charge is -2.22. The Morgan fingerprint density at radius 3 is 2.58 bits per heavy atom. The summed E-state index contributed by atoms with van der Waals surface area (Å²) in [5.41, 5.74) is 0. The van der Waals surface area contributed by atoms with Gasteiger partial charge in [-0.15, -0.1) is 0 Å². The number of rotatable bonds is 6. The van der Waals surface area contributed by atoms with Crippen LogP contribution in [-0.2, 0) is 9.53 Å². The molecule has 3 N–H and O–H groups in total. The van der Waals surface area contributed by atoms with Crippen molar-refractivity contribution in [2.75, 3.05) is 7.11 Å². The number of hydrogen-bond donors (Lipinski definition) is 3. The SMILES string of the molecule is CC[C@H](C)[C@H](NC(=O)NC1CCC(OC)C1)C(=O)O. The minimum Gasteiger partial charge on any atom is -0.480 e. The molecule has 6 nitrogen and oxygen atoms in total. The fourth-order valence-electron chi connectivity index (χ4n) is 2.34. The second kappa shape index (κ2) is 7.33. The summed E-state index contributed by atoms with van der Waals surface area (Å²) in [6.45, 7) is 3.72. The van der Waals surface area contributed by atoms with Gasteiger partial charge in [0.2, 0.25) is 0 Å². The molecule has 0 heterocycles. The third kappa shape index (κ3) is 4.70. The molecule has 6 heteroatoms. The fraction of sp³-hybridized carbons (Fsp3) is 0.846. The fourth-order valence-corrected chi connectivity index (χ4v) is 2.34. The number of carboxylic acid groups (broad SMARTS) is 1. The zero-order valence-corrected chi connectivity index (χ0v) is 11.8. The van der Waals surface area contributed by atoms with Crippen molar-refractivity contribution in [1.82, 2.24) is 10.6 Å². The number of urea groups is 1. The van der Waals surface area contributed by atoms with Crippen molar-refractivity contribution >= 4 is 12.0 Å². The normalized spacial score (nSPS) is 25.6. The van der Waals surface area contributed by atoms with E-state index in [0.717, 1.165) is 19.3 Å². The van der Waals surface area contributed by atoms with Crippen LogP contribution in [0.2, 0.25) is 0 Å². The summed E-state index contributed by atoms with van der Waals surface area (Å²) in [4.78, 5) is 22.9. The minimum atomic E-state index is -0.995. The highest BCUT2D eigenvalue weighted by Gasteiger charge is 2.29. The summed E-state index contributed by atoms with van der Waals surface area (Å²) in [6, 6.07) is -1.18. The minimum absolute atomic E-state index is 0.0660. The lowest BCUT2D eigenvalue weighted by molar-refractivity contribution is -0.140. The zero-order chi connectivity index (χ0) is 14.4. The molecule has 0 aromatic heterocycles. The van der Waals surface area contributed by atoms with Gasteiger partial charge >= 0.3 is 12.0 Å². The van der Waals surface area contributed by atoms with Gasteiger partial charge in [-0.25, -0.2) is 9.59 Å². The van der Waals surface area contributed by atoms with E-state index in [2.05, 4.69) is 10.6 Å². The van der Waals surface area contributed by atoms with Crippen LogP contribution in [0.25, 0.3) is 0 Å². The van der Waals surface area contributed by atoms with Crippen LogP contribution >= 0.6 is 0 Å². The van der Waals surface area contributed by atoms with E-state index in [1.165, 1.54) is 0 Å². The third-order valence-electron chi connectivity index (χ3n) is 3.82. The molecule has 1 saturated carbocycles. The molecule has 0 aromatic rings. The Labute approximate surface area is 113 Å². The predicted octanol–water partition coefficient (Wildman–Crippen LogP) is 1.35. The van der Waals surface area contributed by atoms with Gasteiger partial charge in [0.25, 0.3) is 0 Å². The van der Waals surface area contributed by atoms with Gasteiger partial charge < -0.3 is 20.5 Å². The number of aliphatic carboxylic acids is 1. The number of methoxy groups -OCH3 is 1. The van der Waals surface area contributed by atoms with E-state index in [1.807, 2.05) is 13.8 Å². The lowest BCUT2D eigenvalue weighted by atomic mass is 9.99. The molecule has 0 spiro atoms. The van der Waals surface area contributed by atoms with Gasteiger partial charge in [0, 0.05) is 13.2 Å². The van der Waals surface area contributed by atoms with Crippen molar-refractivity contribution in [2.24, 2.45) is 5.92 Å². The number of carbonyl (C=O) groups excluding carboxylic acids is 1. The van der Waals surface area contributed by atoms with Gasteiger partial charge in [0.1, 0.15) is 6.04 Å². The molecule has 0 aromatic carbocycles. The monoisotopic (exact) mass is 272 g/mol. The summed E-state index contributed by atoms with van der Waals surface area (Å²) >= 11 is 0. The van der Waals surface area contributed by atoms with E-state index in [1.54, 1.807) is 7.11 Å². The van der Waals surface area contributed by atoms with Gasteiger partial charge in [0.05, 0.1) is 6.10 Å². The Morgan fingerprint density at radius 2 is 2.11 bits per heavy atom. The van der Waals surface area contributed by atoms with E-state index < -0.39 is 18.0 Å². The molecule has 2 unspecified atom stereocenters. The highest BCUT2D eigenvalue weighted by Crippen LogP contribution is 2.21. The number of nitrogens with one attached hydrogen (secondary N) is 2. The molecule has 1 aliphatic rings. The number of amides is 2. The maximum Gasteiger partial charge on any atom is 0.326 e. The first kappa shape index (κ1) is 15.8. The number of ether oxygens (including phenoxy) is 1. The first-order valence-corrected chi connectivity index (χ1v) is 6.80. The van der Waals surface area contributed by atoms with Gasteiger partial charge in [-0.1, -0.05) is 20.3 Å². The highest BCUT2D eigenvalue weighted by molar-refractivity contribution is 5.82. The van der Waals surface area contributed by atoms with Crippen molar-refractivity contribution in [3.63, 3.8) is 0 Å². The topological polar surface area (TPSA) is 87.7 Å². The van der Waals surface area contributed by atoms with Crippen molar-refractivity contribution in [3.8, 4) is 0 Å². The molecule has 0 bridgehead atoms. The van der Waals surface area contributed by atoms with Crippen molar-refractivity contribution < 1.29 is 19.4 Å². The highest BCUT2D eigenvalue weighted by atomic mass is 16.5. The second-order valence-electron chi connectivity index (χ2n) is 5.19. The molecule has 2 amide bonds. The summed E-state index contributed by atoms with van der Waals surface area (Å²) in [5.74, 6) is -1.09. The molecular weight excluding hydrogens is 248 g/mol. The van der Waals surface area contributed by atoms with Gasteiger partial charge in [-0.3, -0.25) is 0 Å². The maximum atomic E-state index is 11.8. The summed E-state index contributed by atoms with van der Waals surface area (Å²) in [5, 5.41) is 14.5. The van der Waals surface area contributed by atoms with Crippen LogP contribution in [0.3, 0.4) is 0 Å². The third-order valence-corrected chi connectivity index (χ3v) is 3.82. The number of carbonyl (C=O) groups is 2. The summed E-state index contributed by atoms with van der Waals surface area (Å²) in [7, 11) is 1.66. The Kier molecular flexibility index (Phi) is 6.08. The van der Waals surface area contributed by atoms with E-state index in [9.17, 15) is 9.59 Å². The lowest BCUT2D eigenvalue weighted by Crippen LogP contribution is -2.51. The van der Waals surface area contributed by atoms with E-state index in [0.29, 0.717) is 6.42 Å². The Bertz CT molecular complexity index is 322. The molecule has 1 aliphatic carbocycles. The van der Waals surface area contributed by atoms with Gasteiger partial charge in [0.15, 0.2) is 0 Å². The zero-order valence-electron chi connectivity index (χ0n) is 11.8. The quantitative estimate of drug-likeness (QED) is 0.681. The molecule has 110 valence electrons. The van der Waals surface area contributed by atoms with E-state index in [4.69, 9.17) is 9.84 Å². The van der Waals surface area contributed by atoms with E-state index >= 15 is 0 Å². The standard InChI is InChI=1S/C13H24N2O4/c1-4-8(2)11(12(16)17)15-13(18)14-9-5-6-10(7-9)19-3/h8-11H,4-7H2,1-3H3,(H,16,17)(H2,14,15,18)/t8-,9?,10?,11-/m0/s1. The molecule has 1 rings (SSSR count). The Hall–Kier alpha value is -1.30. The second-order valence-corrected chi connectivity index (χ2v) is 5.19. The van der Waals surface area contributed by atoms with E-state index in [-0.39, 0.29) is 18.1 Å². The number of hydrogen-bond acceptors (Lipinski definition) is 3. The van der Waals surface area contributed by atoms with Crippen LogP contribution in [0.4, 0.5) is 4.79 Å². The molecule has 0 saturated heterocycles. The largest absolute Gasteiger partial charge is 0.480 e. The van der Waals surface area contributed by atoms with Crippen LogP contribution in [-0.4, -0.2) is 42.4 Å². The average molecular weight is 272 g/mol. The van der Waals surface area contributed by atoms with Crippen LogP contribution in [0, 0.1) is 5.92 Å². The van der Waals surface area contributed by atoms with Crippen LogP contribution in [0.5, 0.6) is 0 Å². The molecule has 4 atom stereocenters. The molecule has 0 aliphatic heterocycles. The predicted molar refractivity (Wildman–Crippen MR) is 71.0 cm³/mol. The van der Waals surface area contributed by atoms with Gasteiger partial charge in [-0.2, -0.15) is 0 Å². The smallest absolute Gasteiger partial charge is 0.326 e. The van der Waals surface area contributed by atoms with Crippen molar-refractivity contribution in [2.45, 2.75) is 57.7 Å². The van der Waals surface area contributed by atoms with Gasteiger partial charge in [-0.05, 0) is 25.2 Å². The Balaban J connectivity index is 2.43. The molecule has 19 heavy (non-hydrogen) atoms. The van der Waals surface area contributed by atoms with Crippen LogP contribution in [0.1, 0.15) is 39.5 Å². The number of carboxylic acids is 1. The summed E-state index contributed by atoms with van der Waals surface area (Å²) < 4.78 is 5.23. The molecular formula is C13H24N2O4. The Morgan fingerprint density at radius 1 is 1.42 bits per heavy atom. The maximum absolute atomic E-state index is 11.8. The first-order valence-electron chi connectivity index (χ1n) is 6.80. The molecule has 0 radical (unpaired) electrons. The first-order chi connectivity index (χ1) is 8.97.